The van der Waals surface area contributed by atoms with Gasteiger partial charge in [-0.2, -0.15) is 0 Å². The molecule has 0 aliphatic rings. The second kappa shape index (κ2) is 14.2. The highest BCUT2D eigenvalue weighted by Gasteiger charge is 2.18. The minimum atomic E-state index is -1.03. The van der Waals surface area contributed by atoms with Crippen molar-refractivity contribution < 1.29 is 38.7 Å². The van der Waals surface area contributed by atoms with Crippen molar-refractivity contribution in [3.05, 3.63) is 38.4 Å². The average molecular weight is 417 g/mol. The maximum absolute atomic E-state index is 11.0. The smallest absolute Gasteiger partial charge is 0.329 e. The summed E-state index contributed by atoms with van der Waals surface area (Å²) < 4.78 is 20.5. The van der Waals surface area contributed by atoms with Crippen LogP contribution in [0.4, 0.5) is 17.1 Å². The van der Waals surface area contributed by atoms with Gasteiger partial charge in [-0.1, -0.05) is 0 Å². The normalized spacial score (nSPS) is 10.6. The number of carbonyl (C=O) groups is 1. The van der Waals surface area contributed by atoms with Crippen LogP contribution in [0.2, 0.25) is 0 Å². The first-order chi connectivity index (χ1) is 13.9. The molecule has 162 valence electrons. The number of carboxylic acids is 1. The first-order valence-corrected chi connectivity index (χ1v) is 8.61. The lowest BCUT2D eigenvalue weighted by Crippen LogP contribution is -2.15. The molecule has 0 saturated heterocycles. The molecule has 1 aromatic carbocycles. The lowest BCUT2D eigenvalue weighted by molar-refractivity contribution is -0.393. The number of carboxylic acid groups (broad SMARTS) is 1. The molecule has 0 bridgehead atoms. The first kappa shape index (κ1) is 24.2. The standard InChI is InChI=1S/C16H23N3O10/c20-16(21)12-29-10-9-28-8-7-27-6-5-26-4-3-17-14-2-1-13(18(22)23)11-15(14)19(24)25/h1-2,11,17H,3-10,12H2,(H,20,21). The van der Waals surface area contributed by atoms with Crippen molar-refractivity contribution in [2.24, 2.45) is 0 Å². The van der Waals surface area contributed by atoms with Gasteiger partial charge in [-0.3, -0.25) is 20.2 Å². The number of hydrogen-bond donors (Lipinski definition) is 2. The summed E-state index contributed by atoms with van der Waals surface area (Å²) in [6.45, 7) is 1.96. The molecule has 1 rings (SSSR count). The van der Waals surface area contributed by atoms with Crippen LogP contribution in [0.1, 0.15) is 0 Å². The van der Waals surface area contributed by atoms with Crippen molar-refractivity contribution in [3.8, 4) is 0 Å². The number of ether oxygens (including phenoxy) is 4. The summed E-state index contributed by atoms with van der Waals surface area (Å²) in [5.74, 6) is -1.03. The number of benzene rings is 1. The quantitative estimate of drug-likeness (QED) is 0.211. The van der Waals surface area contributed by atoms with Crippen molar-refractivity contribution in [1.29, 1.82) is 0 Å². The van der Waals surface area contributed by atoms with Crippen molar-refractivity contribution in [2.75, 3.05) is 64.7 Å². The van der Waals surface area contributed by atoms with Gasteiger partial charge in [0.15, 0.2) is 0 Å². The van der Waals surface area contributed by atoms with Gasteiger partial charge in [-0.15, -0.1) is 0 Å². The molecule has 0 atom stereocenters. The Labute approximate surface area is 165 Å². The van der Waals surface area contributed by atoms with Crippen LogP contribution >= 0.6 is 0 Å². The summed E-state index contributed by atoms with van der Waals surface area (Å²) in [7, 11) is 0. The molecule has 2 N–H and O–H groups in total. The third-order valence-electron chi connectivity index (χ3n) is 3.29. The summed E-state index contributed by atoms with van der Waals surface area (Å²) in [4.78, 5) is 30.5. The Balaban J connectivity index is 2.05. The number of nitro benzene ring substituents is 2. The topological polar surface area (TPSA) is 173 Å². The van der Waals surface area contributed by atoms with E-state index in [1.807, 2.05) is 0 Å². The molecule has 13 nitrogen and oxygen atoms in total. The van der Waals surface area contributed by atoms with Crippen LogP contribution in [0.15, 0.2) is 18.2 Å². The monoisotopic (exact) mass is 417 g/mol. The molecule has 0 aliphatic carbocycles. The Hall–Kier alpha value is -2.87. The number of anilines is 1. The molecule has 13 heteroatoms. The number of nitro groups is 2. The second-order valence-corrected chi connectivity index (χ2v) is 5.43. The summed E-state index contributed by atoms with van der Waals surface area (Å²) in [6.07, 6.45) is 0. The molecule has 0 amide bonds. The maximum Gasteiger partial charge on any atom is 0.329 e. The summed E-state index contributed by atoms with van der Waals surface area (Å²) in [5.41, 5.74) is -0.562. The fourth-order valence-electron chi connectivity index (χ4n) is 2.01. The predicted octanol–water partition coefficient (Wildman–Crippen LogP) is 1.07. The van der Waals surface area contributed by atoms with Crippen LogP contribution in [0.3, 0.4) is 0 Å². The maximum atomic E-state index is 11.0. The van der Waals surface area contributed by atoms with E-state index in [2.05, 4.69) is 5.32 Å². The van der Waals surface area contributed by atoms with E-state index >= 15 is 0 Å². The molecule has 0 radical (unpaired) electrons. The fourth-order valence-corrected chi connectivity index (χ4v) is 2.01. The molecule has 0 heterocycles. The summed E-state index contributed by atoms with van der Waals surface area (Å²) in [5, 5.41) is 32.9. The highest BCUT2D eigenvalue weighted by Crippen LogP contribution is 2.28. The van der Waals surface area contributed by atoms with Gasteiger partial charge < -0.3 is 29.4 Å². The Morgan fingerprint density at radius 1 is 0.897 bits per heavy atom. The minimum Gasteiger partial charge on any atom is -0.480 e. The van der Waals surface area contributed by atoms with Crippen molar-refractivity contribution in [3.63, 3.8) is 0 Å². The zero-order valence-corrected chi connectivity index (χ0v) is 15.6. The lowest BCUT2D eigenvalue weighted by Gasteiger charge is -2.09. The Morgan fingerprint density at radius 3 is 1.97 bits per heavy atom. The fraction of sp³-hybridized carbons (Fsp3) is 0.562. The third-order valence-corrected chi connectivity index (χ3v) is 3.29. The molecule has 1 aromatic rings. The minimum absolute atomic E-state index is 0.171. The van der Waals surface area contributed by atoms with E-state index in [-0.39, 0.29) is 50.0 Å². The number of nitrogens with one attached hydrogen (secondary N) is 1. The van der Waals surface area contributed by atoms with Gasteiger partial charge in [0.1, 0.15) is 12.3 Å². The zero-order chi connectivity index (χ0) is 21.5. The Bertz CT molecular complexity index is 670. The lowest BCUT2D eigenvalue weighted by atomic mass is 10.2. The summed E-state index contributed by atoms with van der Waals surface area (Å²) in [6, 6.07) is 3.37. The number of rotatable bonds is 17. The third kappa shape index (κ3) is 10.9. The van der Waals surface area contributed by atoms with E-state index < -0.39 is 15.8 Å². The van der Waals surface area contributed by atoms with Crippen LogP contribution in [-0.2, 0) is 23.7 Å². The van der Waals surface area contributed by atoms with Gasteiger partial charge >= 0.3 is 5.97 Å². The van der Waals surface area contributed by atoms with Crippen LogP contribution in [0, 0.1) is 20.2 Å². The van der Waals surface area contributed by atoms with Crippen molar-refractivity contribution >= 4 is 23.0 Å². The molecule has 0 aromatic heterocycles. The Morgan fingerprint density at radius 2 is 1.45 bits per heavy atom. The SMILES string of the molecule is O=C(O)COCCOCCOCCOCCNc1ccc([N+](=O)[O-])cc1[N+](=O)[O-]. The van der Waals surface area contributed by atoms with Gasteiger partial charge in [0.2, 0.25) is 0 Å². The molecule has 0 unspecified atom stereocenters. The van der Waals surface area contributed by atoms with Gasteiger partial charge in [0.05, 0.1) is 62.2 Å². The van der Waals surface area contributed by atoms with Crippen LogP contribution in [0.25, 0.3) is 0 Å². The number of hydrogen-bond acceptors (Lipinski definition) is 10. The predicted molar refractivity (Wildman–Crippen MR) is 99.2 cm³/mol. The highest BCUT2D eigenvalue weighted by molar-refractivity contribution is 5.68. The molecule has 0 aliphatic heterocycles. The molecular formula is C16H23N3O10. The Kier molecular flexibility index (Phi) is 11.8. The molecule has 0 saturated carbocycles. The molecular weight excluding hydrogens is 394 g/mol. The number of non-ortho nitro benzene ring substituents is 1. The average Bonchev–Trinajstić information content (AvgIpc) is 2.67. The van der Waals surface area contributed by atoms with Gasteiger partial charge in [-0.25, -0.2) is 4.79 Å². The van der Waals surface area contributed by atoms with Crippen molar-refractivity contribution in [2.45, 2.75) is 0 Å². The molecule has 0 fully saturated rings. The van der Waals surface area contributed by atoms with Crippen LogP contribution in [0.5, 0.6) is 0 Å². The highest BCUT2D eigenvalue weighted by atomic mass is 16.6. The summed E-state index contributed by atoms with van der Waals surface area (Å²) >= 11 is 0. The zero-order valence-electron chi connectivity index (χ0n) is 15.6. The van der Waals surface area contributed by atoms with Crippen LogP contribution < -0.4 is 5.32 Å². The van der Waals surface area contributed by atoms with Crippen LogP contribution in [-0.4, -0.2) is 80.3 Å². The first-order valence-electron chi connectivity index (χ1n) is 8.61. The number of aliphatic carboxylic acids is 1. The van der Waals surface area contributed by atoms with E-state index in [0.717, 1.165) is 6.07 Å². The van der Waals surface area contributed by atoms with E-state index in [1.54, 1.807) is 0 Å². The van der Waals surface area contributed by atoms with Gasteiger partial charge in [0, 0.05) is 12.6 Å². The van der Waals surface area contributed by atoms with E-state index in [4.69, 9.17) is 24.1 Å². The van der Waals surface area contributed by atoms with Gasteiger partial charge in [0.25, 0.3) is 11.4 Å². The second-order valence-electron chi connectivity index (χ2n) is 5.43. The molecule has 0 spiro atoms. The van der Waals surface area contributed by atoms with E-state index in [0.29, 0.717) is 26.4 Å². The largest absolute Gasteiger partial charge is 0.480 e. The van der Waals surface area contributed by atoms with E-state index in [9.17, 15) is 25.0 Å². The van der Waals surface area contributed by atoms with Crippen molar-refractivity contribution in [1.82, 2.24) is 0 Å². The van der Waals surface area contributed by atoms with E-state index in [1.165, 1.54) is 12.1 Å². The molecule has 29 heavy (non-hydrogen) atoms. The van der Waals surface area contributed by atoms with Gasteiger partial charge in [-0.05, 0) is 6.07 Å². The number of nitrogens with zero attached hydrogens (tertiary/aromatic N) is 2.